The predicted octanol–water partition coefficient (Wildman–Crippen LogP) is 3.17. The summed E-state index contributed by atoms with van der Waals surface area (Å²) in [6.07, 6.45) is -4.52. The van der Waals surface area contributed by atoms with Crippen LogP contribution in [0.25, 0.3) is 0 Å². The van der Waals surface area contributed by atoms with E-state index in [1.54, 1.807) is 23.1 Å². The van der Waals surface area contributed by atoms with Crippen molar-refractivity contribution in [1.82, 2.24) is 4.90 Å². The smallest absolute Gasteiger partial charge is 0.416 e. The highest BCUT2D eigenvalue weighted by molar-refractivity contribution is 5.81. The van der Waals surface area contributed by atoms with Gasteiger partial charge in [0.25, 0.3) is 5.91 Å². The van der Waals surface area contributed by atoms with Gasteiger partial charge in [0.05, 0.1) is 33.3 Å². The molecule has 0 N–H and O–H groups in total. The Balaban J connectivity index is 1.51. The average Bonchev–Trinajstić information content (AvgIpc) is 2.86. The van der Waals surface area contributed by atoms with Crippen molar-refractivity contribution in [2.75, 3.05) is 59.0 Å². The van der Waals surface area contributed by atoms with Crippen molar-refractivity contribution in [3.8, 4) is 17.2 Å². The normalized spacial score (nSPS) is 13.9. The predicted molar refractivity (Wildman–Crippen MR) is 121 cm³/mol. The molecule has 1 aliphatic rings. The molecular weight excluding hydrogens is 469 g/mol. The SMILES string of the molecule is COc1cc(CC(=O)OCC(=O)N2CCN(c3cccc(C(F)(F)F)c3)CC2)cc(OC)c1OC. The summed E-state index contributed by atoms with van der Waals surface area (Å²) in [5, 5.41) is 0. The van der Waals surface area contributed by atoms with E-state index in [0.717, 1.165) is 12.1 Å². The molecule has 1 fully saturated rings. The maximum absolute atomic E-state index is 13.0. The second-order valence-corrected chi connectivity index (χ2v) is 7.79. The summed E-state index contributed by atoms with van der Waals surface area (Å²) in [4.78, 5) is 28.1. The van der Waals surface area contributed by atoms with Crippen LogP contribution in [0.2, 0.25) is 0 Å². The molecule has 3 rings (SSSR count). The minimum atomic E-state index is -4.42. The van der Waals surface area contributed by atoms with Crippen LogP contribution in [0, 0.1) is 0 Å². The van der Waals surface area contributed by atoms with Crippen LogP contribution in [0.1, 0.15) is 11.1 Å². The van der Waals surface area contributed by atoms with Crippen molar-refractivity contribution in [2.24, 2.45) is 0 Å². The van der Waals surface area contributed by atoms with E-state index in [1.165, 1.54) is 32.3 Å². The minimum Gasteiger partial charge on any atom is -0.493 e. The maximum Gasteiger partial charge on any atom is 0.416 e. The summed E-state index contributed by atoms with van der Waals surface area (Å²) in [7, 11) is 4.40. The maximum atomic E-state index is 13.0. The second-order valence-electron chi connectivity index (χ2n) is 7.79. The number of rotatable bonds is 8. The van der Waals surface area contributed by atoms with Gasteiger partial charge >= 0.3 is 12.1 Å². The van der Waals surface area contributed by atoms with Crippen molar-refractivity contribution < 1.29 is 41.7 Å². The third-order valence-electron chi connectivity index (χ3n) is 5.60. The summed E-state index contributed by atoms with van der Waals surface area (Å²) in [6, 6.07) is 8.34. The fraction of sp³-hybridized carbons (Fsp3) is 0.417. The number of hydrogen-bond acceptors (Lipinski definition) is 7. The van der Waals surface area contributed by atoms with E-state index in [1.807, 2.05) is 0 Å². The number of hydrogen-bond donors (Lipinski definition) is 0. The van der Waals surface area contributed by atoms with E-state index in [9.17, 15) is 22.8 Å². The van der Waals surface area contributed by atoms with Crippen molar-refractivity contribution in [1.29, 1.82) is 0 Å². The number of carbonyl (C=O) groups is 2. The molecular formula is C24H27F3N2O6. The number of carbonyl (C=O) groups excluding carboxylic acids is 2. The number of nitrogens with zero attached hydrogens (tertiary/aromatic N) is 2. The number of esters is 1. The molecule has 0 saturated carbocycles. The quantitative estimate of drug-likeness (QED) is 0.520. The first-order chi connectivity index (χ1) is 16.7. The van der Waals surface area contributed by atoms with Gasteiger partial charge in [-0.1, -0.05) is 6.07 Å². The van der Waals surface area contributed by atoms with Crippen LogP contribution in [0.3, 0.4) is 0 Å². The van der Waals surface area contributed by atoms with Gasteiger partial charge in [0.15, 0.2) is 18.1 Å². The molecule has 1 amide bonds. The third-order valence-corrected chi connectivity index (χ3v) is 5.60. The Labute approximate surface area is 201 Å². The van der Waals surface area contributed by atoms with Gasteiger partial charge in [-0.25, -0.2) is 0 Å². The molecule has 11 heteroatoms. The van der Waals surface area contributed by atoms with Gasteiger partial charge in [-0.2, -0.15) is 13.2 Å². The summed E-state index contributed by atoms with van der Waals surface area (Å²) in [6.45, 7) is 0.921. The molecule has 0 aromatic heterocycles. The summed E-state index contributed by atoms with van der Waals surface area (Å²) in [5.41, 5.74) is 0.294. The molecule has 2 aromatic carbocycles. The van der Waals surface area contributed by atoms with Crippen molar-refractivity contribution in [2.45, 2.75) is 12.6 Å². The third kappa shape index (κ3) is 6.49. The summed E-state index contributed by atoms with van der Waals surface area (Å²) >= 11 is 0. The highest BCUT2D eigenvalue weighted by Gasteiger charge is 2.31. The lowest BCUT2D eigenvalue weighted by atomic mass is 10.1. The molecule has 8 nitrogen and oxygen atoms in total. The number of benzene rings is 2. The standard InChI is InChI=1S/C24H27F3N2O6/c1-32-19-11-16(12-20(33-2)23(19)34-3)13-22(31)35-15-21(30)29-9-7-28(8-10-29)18-6-4-5-17(14-18)24(25,26)27/h4-6,11-12,14H,7-10,13,15H2,1-3H3. The lowest BCUT2D eigenvalue weighted by Gasteiger charge is -2.36. The summed E-state index contributed by atoms with van der Waals surface area (Å²) < 4.78 is 59.8. The topological polar surface area (TPSA) is 77.5 Å². The first-order valence-electron chi connectivity index (χ1n) is 10.8. The van der Waals surface area contributed by atoms with Crippen molar-refractivity contribution in [3.63, 3.8) is 0 Å². The molecule has 0 unspecified atom stereocenters. The number of amides is 1. The molecule has 1 heterocycles. The Kier molecular flexibility index (Phi) is 8.31. The average molecular weight is 496 g/mol. The van der Waals surface area contributed by atoms with Gasteiger partial charge in [-0.05, 0) is 35.9 Å². The van der Waals surface area contributed by atoms with Crippen LogP contribution in [0.4, 0.5) is 18.9 Å². The molecule has 0 spiro atoms. The highest BCUT2D eigenvalue weighted by atomic mass is 19.4. The molecule has 0 atom stereocenters. The Morgan fingerprint density at radius 1 is 0.914 bits per heavy atom. The molecule has 1 aliphatic heterocycles. The zero-order chi connectivity index (χ0) is 25.6. The Hall–Kier alpha value is -3.63. The fourth-order valence-corrected chi connectivity index (χ4v) is 3.78. The number of ether oxygens (including phenoxy) is 4. The van der Waals surface area contributed by atoms with Gasteiger partial charge in [0, 0.05) is 31.9 Å². The number of alkyl halides is 3. The van der Waals surface area contributed by atoms with Gasteiger partial charge in [0.2, 0.25) is 5.75 Å². The largest absolute Gasteiger partial charge is 0.493 e. The molecule has 0 aliphatic carbocycles. The summed E-state index contributed by atoms with van der Waals surface area (Å²) in [5.74, 6) is 0.211. The van der Waals surface area contributed by atoms with E-state index in [2.05, 4.69) is 0 Å². The number of halogens is 3. The van der Waals surface area contributed by atoms with Crippen LogP contribution in [-0.2, 0) is 26.9 Å². The molecule has 190 valence electrons. The lowest BCUT2D eigenvalue weighted by molar-refractivity contribution is -0.151. The van der Waals surface area contributed by atoms with Gasteiger partial charge in [-0.3, -0.25) is 9.59 Å². The van der Waals surface area contributed by atoms with E-state index < -0.39 is 24.3 Å². The monoisotopic (exact) mass is 496 g/mol. The highest BCUT2D eigenvalue weighted by Crippen LogP contribution is 2.38. The van der Waals surface area contributed by atoms with Crippen LogP contribution >= 0.6 is 0 Å². The number of methoxy groups -OCH3 is 3. The van der Waals surface area contributed by atoms with Crippen molar-refractivity contribution >= 4 is 17.6 Å². The van der Waals surface area contributed by atoms with Gasteiger partial charge in [-0.15, -0.1) is 0 Å². The van der Waals surface area contributed by atoms with Crippen LogP contribution in [0.15, 0.2) is 36.4 Å². The zero-order valence-corrected chi connectivity index (χ0v) is 19.7. The second kappa shape index (κ2) is 11.2. The Bertz CT molecular complexity index is 1030. The molecule has 1 saturated heterocycles. The van der Waals surface area contributed by atoms with Crippen LogP contribution in [0.5, 0.6) is 17.2 Å². The van der Waals surface area contributed by atoms with E-state index in [4.69, 9.17) is 18.9 Å². The van der Waals surface area contributed by atoms with Gasteiger partial charge < -0.3 is 28.7 Å². The molecule has 0 radical (unpaired) electrons. The first kappa shape index (κ1) is 26.0. The number of piperazine rings is 1. The Morgan fingerprint density at radius 3 is 2.09 bits per heavy atom. The molecule has 0 bridgehead atoms. The molecule has 35 heavy (non-hydrogen) atoms. The first-order valence-corrected chi connectivity index (χ1v) is 10.8. The fourth-order valence-electron chi connectivity index (χ4n) is 3.78. The van der Waals surface area contributed by atoms with E-state index in [0.29, 0.717) is 54.7 Å². The molecule has 2 aromatic rings. The minimum absolute atomic E-state index is 0.104. The zero-order valence-electron chi connectivity index (χ0n) is 19.7. The van der Waals surface area contributed by atoms with Crippen LogP contribution < -0.4 is 19.1 Å². The van der Waals surface area contributed by atoms with Crippen molar-refractivity contribution in [3.05, 3.63) is 47.5 Å². The Morgan fingerprint density at radius 2 is 1.54 bits per heavy atom. The van der Waals surface area contributed by atoms with Gasteiger partial charge in [0.1, 0.15) is 0 Å². The van der Waals surface area contributed by atoms with E-state index >= 15 is 0 Å². The number of anilines is 1. The van der Waals surface area contributed by atoms with Crippen LogP contribution in [-0.4, -0.2) is 70.9 Å². The lowest BCUT2D eigenvalue weighted by Crippen LogP contribution is -2.50. The van der Waals surface area contributed by atoms with E-state index in [-0.39, 0.29) is 12.3 Å².